The summed E-state index contributed by atoms with van der Waals surface area (Å²) in [6, 6.07) is 10.3. The summed E-state index contributed by atoms with van der Waals surface area (Å²) in [7, 11) is 1.59. The van der Waals surface area contributed by atoms with Crippen molar-refractivity contribution < 1.29 is 23.6 Å². The molecule has 2 aromatic rings. The number of carbonyl (C=O) groups is 1. The van der Waals surface area contributed by atoms with E-state index in [0.29, 0.717) is 6.54 Å². The third kappa shape index (κ3) is 4.16. The van der Waals surface area contributed by atoms with Gasteiger partial charge < -0.3 is 14.4 Å². The number of nitro groups is 1. The molecule has 1 amide bonds. The van der Waals surface area contributed by atoms with Gasteiger partial charge in [0.25, 0.3) is 5.91 Å². The molecule has 1 saturated heterocycles. The molecule has 1 atom stereocenters. The lowest BCUT2D eigenvalue weighted by Crippen LogP contribution is -2.34. The summed E-state index contributed by atoms with van der Waals surface area (Å²) >= 11 is 0. The van der Waals surface area contributed by atoms with Crippen molar-refractivity contribution in [2.24, 2.45) is 0 Å². The van der Waals surface area contributed by atoms with Crippen LogP contribution in [0.25, 0.3) is 0 Å². The Kier molecular flexibility index (Phi) is 5.54. The first kappa shape index (κ1) is 18.6. The van der Waals surface area contributed by atoms with Crippen molar-refractivity contribution in [3.63, 3.8) is 0 Å². The SMILES string of the molecule is COc1ccc(C2CCCN2C(=O)COc2cc(F)ccc2[N+](=O)[O-])cc1. The zero-order chi connectivity index (χ0) is 19.4. The van der Waals surface area contributed by atoms with E-state index in [1.165, 1.54) is 0 Å². The van der Waals surface area contributed by atoms with E-state index < -0.39 is 17.3 Å². The number of halogens is 1. The molecular weight excluding hydrogens is 355 g/mol. The van der Waals surface area contributed by atoms with Gasteiger partial charge in [-0.15, -0.1) is 0 Å². The molecule has 0 aliphatic carbocycles. The molecule has 0 aromatic heterocycles. The maximum absolute atomic E-state index is 13.4. The third-order valence-electron chi connectivity index (χ3n) is 4.54. The van der Waals surface area contributed by atoms with E-state index in [4.69, 9.17) is 9.47 Å². The molecule has 1 unspecified atom stereocenters. The van der Waals surface area contributed by atoms with Gasteiger partial charge in [-0.2, -0.15) is 0 Å². The van der Waals surface area contributed by atoms with Gasteiger partial charge in [0.05, 0.1) is 18.1 Å². The first-order valence-electron chi connectivity index (χ1n) is 8.49. The van der Waals surface area contributed by atoms with Gasteiger partial charge in [-0.05, 0) is 36.6 Å². The fraction of sp³-hybridized carbons (Fsp3) is 0.316. The van der Waals surface area contributed by atoms with Crippen LogP contribution in [0.5, 0.6) is 11.5 Å². The van der Waals surface area contributed by atoms with Crippen molar-refractivity contribution in [2.45, 2.75) is 18.9 Å². The monoisotopic (exact) mass is 374 g/mol. The fourth-order valence-electron chi connectivity index (χ4n) is 3.21. The van der Waals surface area contributed by atoms with Crippen LogP contribution in [-0.2, 0) is 4.79 Å². The highest BCUT2D eigenvalue weighted by Crippen LogP contribution is 2.33. The van der Waals surface area contributed by atoms with Crippen LogP contribution in [0.3, 0.4) is 0 Å². The predicted octanol–water partition coefficient (Wildman–Crippen LogP) is 3.49. The van der Waals surface area contributed by atoms with Crippen molar-refractivity contribution in [2.75, 3.05) is 20.3 Å². The third-order valence-corrected chi connectivity index (χ3v) is 4.54. The minimum absolute atomic E-state index is 0.0884. The number of nitro benzene ring substituents is 1. The van der Waals surface area contributed by atoms with Crippen LogP contribution in [0.2, 0.25) is 0 Å². The van der Waals surface area contributed by atoms with Crippen molar-refractivity contribution in [1.82, 2.24) is 4.90 Å². The standard InChI is InChI=1S/C19H19FN2O5/c1-26-15-7-4-13(5-8-15)16-3-2-10-21(16)19(23)12-27-18-11-14(20)6-9-17(18)22(24)25/h4-9,11,16H,2-3,10,12H2,1H3. The summed E-state index contributed by atoms with van der Waals surface area (Å²) in [4.78, 5) is 24.6. The summed E-state index contributed by atoms with van der Waals surface area (Å²) < 4.78 is 23.8. The van der Waals surface area contributed by atoms with Crippen LogP contribution in [-0.4, -0.2) is 36.0 Å². The predicted molar refractivity (Wildman–Crippen MR) is 95.2 cm³/mol. The van der Waals surface area contributed by atoms with Crippen LogP contribution in [0.4, 0.5) is 10.1 Å². The Morgan fingerprint density at radius 2 is 2.04 bits per heavy atom. The molecule has 1 aliphatic rings. The first-order chi connectivity index (χ1) is 13.0. The zero-order valence-corrected chi connectivity index (χ0v) is 14.8. The summed E-state index contributed by atoms with van der Waals surface area (Å²) in [5.74, 6) is -0.489. The number of methoxy groups -OCH3 is 1. The van der Waals surface area contributed by atoms with Gasteiger partial charge >= 0.3 is 5.69 Å². The summed E-state index contributed by atoms with van der Waals surface area (Å²) in [6.45, 7) is 0.182. The molecule has 0 radical (unpaired) electrons. The maximum atomic E-state index is 13.4. The quantitative estimate of drug-likeness (QED) is 0.571. The Labute approximate surface area is 155 Å². The van der Waals surface area contributed by atoms with E-state index in [1.807, 2.05) is 24.3 Å². The molecule has 27 heavy (non-hydrogen) atoms. The fourth-order valence-corrected chi connectivity index (χ4v) is 3.21. The number of rotatable bonds is 6. The lowest BCUT2D eigenvalue weighted by molar-refractivity contribution is -0.385. The molecule has 142 valence electrons. The van der Waals surface area contributed by atoms with Gasteiger partial charge in [-0.25, -0.2) is 4.39 Å². The minimum atomic E-state index is -0.671. The molecule has 2 aromatic carbocycles. The Morgan fingerprint density at radius 1 is 1.30 bits per heavy atom. The Balaban J connectivity index is 1.70. The molecule has 0 saturated carbocycles. The van der Waals surface area contributed by atoms with E-state index in [2.05, 4.69) is 0 Å². The van der Waals surface area contributed by atoms with E-state index in [-0.39, 0.29) is 23.4 Å². The lowest BCUT2D eigenvalue weighted by Gasteiger charge is -2.25. The van der Waals surface area contributed by atoms with Crippen molar-refractivity contribution in [3.8, 4) is 11.5 Å². The van der Waals surface area contributed by atoms with Gasteiger partial charge in [0.1, 0.15) is 11.6 Å². The number of ether oxygens (including phenoxy) is 2. The lowest BCUT2D eigenvalue weighted by atomic mass is 10.0. The number of hydrogen-bond acceptors (Lipinski definition) is 5. The van der Waals surface area contributed by atoms with Gasteiger partial charge in [0.15, 0.2) is 6.61 Å². The zero-order valence-electron chi connectivity index (χ0n) is 14.8. The molecule has 3 rings (SSSR count). The second-order valence-electron chi connectivity index (χ2n) is 6.18. The van der Waals surface area contributed by atoms with Crippen LogP contribution < -0.4 is 9.47 Å². The van der Waals surface area contributed by atoms with E-state index >= 15 is 0 Å². The second kappa shape index (κ2) is 8.03. The number of benzene rings is 2. The van der Waals surface area contributed by atoms with Gasteiger partial charge in [0.2, 0.25) is 5.75 Å². The summed E-state index contributed by atoms with van der Waals surface area (Å²) in [5.41, 5.74) is 0.607. The molecule has 1 aliphatic heterocycles. The van der Waals surface area contributed by atoms with Crippen LogP contribution >= 0.6 is 0 Å². The average molecular weight is 374 g/mol. The first-order valence-corrected chi connectivity index (χ1v) is 8.49. The van der Waals surface area contributed by atoms with E-state index in [0.717, 1.165) is 42.4 Å². The highest BCUT2D eigenvalue weighted by Gasteiger charge is 2.30. The van der Waals surface area contributed by atoms with Crippen LogP contribution in [0.1, 0.15) is 24.4 Å². The number of hydrogen-bond donors (Lipinski definition) is 0. The van der Waals surface area contributed by atoms with Crippen LogP contribution in [0.15, 0.2) is 42.5 Å². The molecule has 0 bridgehead atoms. The Hall–Kier alpha value is -3.16. The molecule has 0 N–H and O–H groups in total. The summed E-state index contributed by atoms with van der Waals surface area (Å²) in [5, 5.41) is 11.0. The summed E-state index contributed by atoms with van der Waals surface area (Å²) in [6.07, 6.45) is 1.67. The van der Waals surface area contributed by atoms with Gasteiger partial charge in [0, 0.05) is 18.7 Å². The molecule has 8 heteroatoms. The highest BCUT2D eigenvalue weighted by atomic mass is 19.1. The molecule has 1 heterocycles. The molecular formula is C19H19FN2O5. The normalized spacial score (nSPS) is 16.2. The van der Waals surface area contributed by atoms with Crippen molar-refractivity contribution in [1.29, 1.82) is 0 Å². The molecule has 1 fully saturated rings. The van der Waals surface area contributed by atoms with E-state index in [9.17, 15) is 19.3 Å². The average Bonchev–Trinajstić information content (AvgIpc) is 3.16. The number of likely N-dealkylation sites (tertiary alicyclic amines) is 1. The second-order valence-corrected chi connectivity index (χ2v) is 6.18. The smallest absolute Gasteiger partial charge is 0.311 e. The maximum Gasteiger partial charge on any atom is 0.311 e. The number of carbonyl (C=O) groups excluding carboxylic acids is 1. The number of nitrogens with zero attached hydrogens (tertiary/aromatic N) is 2. The topological polar surface area (TPSA) is 81.9 Å². The van der Waals surface area contributed by atoms with Crippen molar-refractivity contribution in [3.05, 3.63) is 64.0 Å². The van der Waals surface area contributed by atoms with Crippen molar-refractivity contribution >= 4 is 11.6 Å². The van der Waals surface area contributed by atoms with Crippen LogP contribution in [0, 0.1) is 15.9 Å². The minimum Gasteiger partial charge on any atom is -0.497 e. The largest absolute Gasteiger partial charge is 0.497 e. The number of amides is 1. The van der Waals surface area contributed by atoms with Gasteiger partial charge in [-0.3, -0.25) is 14.9 Å². The highest BCUT2D eigenvalue weighted by molar-refractivity contribution is 5.78. The molecule has 7 nitrogen and oxygen atoms in total. The molecule has 0 spiro atoms. The van der Waals surface area contributed by atoms with E-state index in [1.54, 1.807) is 12.0 Å². The van der Waals surface area contributed by atoms with Gasteiger partial charge in [-0.1, -0.05) is 12.1 Å². The Morgan fingerprint density at radius 3 is 2.70 bits per heavy atom. The Bertz CT molecular complexity index is 840.